The molecule has 218 valence electrons. The third-order valence-corrected chi connectivity index (χ3v) is 9.68. The average molecular weight is 571 g/mol. The van der Waals surface area contributed by atoms with E-state index in [1.165, 1.54) is 39.9 Å². The van der Waals surface area contributed by atoms with Gasteiger partial charge in [-0.05, 0) is 73.2 Å². The number of aromatic nitrogens is 1. The molecule has 2 aliphatic rings. The number of nitrogens with one attached hydrogen (secondary N) is 1. The van der Waals surface area contributed by atoms with E-state index in [0.717, 1.165) is 82.2 Å². The summed E-state index contributed by atoms with van der Waals surface area (Å²) in [6, 6.07) is 15.6. The van der Waals surface area contributed by atoms with Gasteiger partial charge in [-0.2, -0.15) is 0 Å². The van der Waals surface area contributed by atoms with Crippen LogP contribution in [0.2, 0.25) is 0 Å². The van der Waals surface area contributed by atoms with Gasteiger partial charge in [-0.25, -0.2) is 4.98 Å². The Morgan fingerprint density at radius 3 is 2.46 bits per heavy atom. The lowest BCUT2D eigenvalue weighted by molar-refractivity contribution is 0.158. The summed E-state index contributed by atoms with van der Waals surface area (Å²) in [5.41, 5.74) is 9.09. The highest BCUT2D eigenvalue weighted by molar-refractivity contribution is 7.09. The SMILES string of the molecule is C=C(O)CC1(CNCc2nc(-c3ccc(CCCN4CCN(C(=C)C)CC4)cc3CC)cs2)Cc2ccccc2C1. The molecule has 0 spiro atoms. The Morgan fingerprint density at radius 2 is 1.80 bits per heavy atom. The number of rotatable bonds is 13. The second-order valence-electron chi connectivity index (χ2n) is 12.1. The third-order valence-electron chi connectivity index (χ3n) is 8.83. The molecule has 0 amide bonds. The highest BCUT2D eigenvalue weighted by Gasteiger charge is 2.37. The van der Waals surface area contributed by atoms with Crippen LogP contribution in [-0.4, -0.2) is 59.2 Å². The number of nitrogens with zero attached hydrogens (tertiary/aromatic N) is 3. The lowest BCUT2D eigenvalue weighted by Gasteiger charge is -2.36. The van der Waals surface area contributed by atoms with E-state index in [0.29, 0.717) is 6.42 Å². The van der Waals surface area contributed by atoms with Gasteiger partial charge in [0, 0.05) is 62.3 Å². The summed E-state index contributed by atoms with van der Waals surface area (Å²) in [6.07, 6.45) is 5.87. The summed E-state index contributed by atoms with van der Waals surface area (Å²) >= 11 is 1.73. The van der Waals surface area contributed by atoms with E-state index in [1.54, 1.807) is 11.3 Å². The van der Waals surface area contributed by atoms with Crippen LogP contribution >= 0.6 is 11.3 Å². The zero-order valence-electron chi connectivity index (χ0n) is 24.9. The van der Waals surface area contributed by atoms with Gasteiger partial charge in [0.1, 0.15) is 5.01 Å². The van der Waals surface area contributed by atoms with E-state index >= 15 is 0 Å². The van der Waals surface area contributed by atoms with Gasteiger partial charge in [0.25, 0.3) is 0 Å². The zero-order chi connectivity index (χ0) is 28.8. The van der Waals surface area contributed by atoms with Crippen molar-refractivity contribution in [2.45, 2.75) is 58.9 Å². The number of aliphatic hydroxyl groups is 1. The molecule has 1 aliphatic carbocycles. The highest BCUT2D eigenvalue weighted by atomic mass is 32.1. The van der Waals surface area contributed by atoms with E-state index in [9.17, 15) is 5.11 Å². The molecule has 1 saturated heterocycles. The predicted octanol–water partition coefficient (Wildman–Crippen LogP) is 6.79. The molecule has 6 heteroatoms. The number of thiazole rings is 1. The first kappa shape index (κ1) is 29.6. The Kier molecular flexibility index (Phi) is 9.64. The summed E-state index contributed by atoms with van der Waals surface area (Å²) < 4.78 is 0. The summed E-state index contributed by atoms with van der Waals surface area (Å²) in [7, 11) is 0. The van der Waals surface area contributed by atoms with Crippen LogP contribution in [0, 0.1) is 5.41 Å². The molecule has 5 nitrogen and oxygen atoms in total. The van der Waals surface area contributed by atoms with Crippen molar-refractivity contribution in [3.63, 3.8) is 0 Å². The molecule has 0 bridgehead atoms. The fourth-order valence-electron chi connectivity index (χ4n) is 6.67. The lowest BCUT2D eigenvalue weighted by atomic mass is 9.80. The number of allylic oxidation sites excluding steroid dienone is 2. The van der Waals surface area contributed by atoms with Crippen molar-refractivity contribution in [3.8, 4) is 11.3 Å². The smallest absolute Gasteiger partial charge is 0.107 e. The van der Waals surface area contributed by atoms with E-state index < -0.39 is 0 Å². The first-order valence-corrected chi connectivity index (χ1v) is 16.1. The van der Waals surface area contributed by atoms with Crippen molar-refractivity contribution in [3.05, 3.63) is 99.7 Å². The largest absolute Gasteiger partial charge is 0.513 e. The summed E-state index contributed by atoms with van der Waals surface area (Å²) in [5.74, 6) is 0.271. The van der Waals surface area contributed by atoms with Crippen molar-refractivity contribution in [1.82, 2.24) is 20.1 Å². The molecule has 2 aromatic carbocycles. The zero-order valence-corrected chi connectivity index (χ0v) is 25.7. The Morgan fingerprint density at radius 1 is 1.07 bits per heavy atom. The maximum Gasteiger partial charge on any atom is 0.107 e. The van der Waals surface area contributed by atoms with Crippen LogP contribution in [0.3, 0.4) is 0 Å². The van der Waals surface area contributed by atoms with Gasteiger partial charge in [-0.1, -0.05) is 62.5 Å². The molecule has 0 atom stereocenters. The molecule has 2 N–H and O–H groups in total. The molecule has 5 rings (SSSR count). The van der Waals surface area contributed by atoms with Gasteiger partial charge in [0.2, 0.25) is 0 Å². The molecule has 0 radical (unpaired) electrons. The molecular weight excluding hydrogens is 524 g/mol. The van der Waals surface area contributed by atoms with E-state index in [2.05, 4.69) is 90.0 Å². The number of hydrogen-bond donors (Lipinski definition) is 2. The molecule has 0 saturated carbocycles. The second-order valence-corrected chi connectivity index (χ2v) is 13.1. The van der Waals surface area contributed by atoms with Gasteiger partial charge in [-0.15, -0.1) is 11.3 Å². The van der Waals surface area contributed by atoms with Gasteiger partial charge in [-0.3, -0.25) is 4.90 Å². The van der Waals surface area contributed by atoms with Gasteiger partial charge in [0.15, 0.2) is 0 Å². The van der Waals surface area contributed by atoms with Crippen LogP contribution in [0.4, 0.5) is 0 Å². The van der Waals surface area contributed by atoms with Crippen LogP contribution in [0.25, 0.3) is 11.3 Å². The summed E-state index contributed by atoms with van der Waals surface area (Å²) in [4.78, 5) is 10.0. The molecule has 2 heterocycles. The molecule has 1 aromatic heterocycles. The molecule has 3 aromatic rings. The monoisotopic (exact) mass is 570 g/mol. The molecule has 41 heavy (non-hydrogen) atoms. The van der Waals surface area contributed by atoms with Crippen molar-refractivity contribution in [2.75, 3.05) is 39.3 Å². The topological polar surface area (TPSA) is 51.6 Å². The second kappa shape index (κ2) is 13.4. The minimum absolute atomic E-state index is 0.0280. The molecule has 1 aliphatic heterocycles. The number of piperazine rings is 1. The Bertz CT molecular complexity index is 1330. The number of aliphatic hydroxyl groups excluding tert-OH is 1. The first-order chi connectivity index (χ1) is 19.8. The maximum atomic E-state index is 10.1. The number of hydrogen-bond acceptors (Lipinski definition) is 6. The Balaban J connectivity index is 1.14. The third kappa shape index (κ3) is 7.48. The fraction of sp³-hybridized carbons (Fsp3) is 0.457. The molecule has 1 fully saturated rings. The van der Waals surface area contributed by atoms with E-state index in [1.807, 2.05) is 0 Å². The summed E-state index contributed by atoms with van der Waals surface area (Å²) in [6.45, 7) is 19.4. The van der Waals surface area contributed by atoms with Gasteiger partial charge < -0.3 is 15.3 Å². The van der Waals surface area contributed by atoms with Crippen molar-refractivity contribution in [2.24, 2.45) is 5.41 Å². The first-order valence-electron chi connectivity index (χ1n) is 15.2. The fourth-order valence-corrected chi connectivity index (χ4v) is 7.44. The van der Waals surface area contributed by atoms with Crippen LogP contribution < -0.4 is 5.32 Å². The number of fused-ring (bicyclic) bond motifs is 1. The highest BCUT2D eigenvalue weighted by Crippen LogP contribution is 2.40. The number of aryl methyl sites for hydroxylation is 2. The van der Waals surface area contributed by atoms with Crippen molar-refractivity contribution < 1.29 is 5.11 Å². The normalized spacial score (nSPS) is 16.6. The number of benzene rings is 2. The van der Waals surface area contributed by atoms with E-state index in [4.69, 9.17) is 4.98 Å². The van der Waals surface area contributed by atoms with Crippen LogP contribution in [0.1, 0.15) is 54.0 Å². The van der Waals surface area contributed by atoms with Gasteiger partial charge in [0.05, 0.1) is 11.5 Å². The molecular formula is C35H46N4OS. The van der Waals surface area contributed by atoms with Crippen molar-refractivity contribution >= 4 is 11.3 Å². The van der Waals surface area contributed by atoms with Crippen molar-refractivity contribution in [1.29, 1.82) is 0 Å². The maximum absolute atomic E-state index is 10.1. The average Bonchev–Trinajstić information content (AvgIpc) is 3.57. The summed E-state index contributed by atoms with van der Waals surface area (Å²) in [5, 5.41) is 17.0. The lowest BCUT2D eigenvalue weighted by Crippen LogP contribution is -2.45. The minimum atomic E-state index is -0.0280. The Labute approximate surface area is 250 Å². The standard InChI is InChI=1S/C35H46N4OS/c1-5-29-19-28(9-8-14-38-15-17-39(18-16-38)26(2)3)12-13-32(29)33-24-41-34(37-33)23-36-25-35(20-27(4)40)21-30-10-6-7-11-31(30)22-35/h6-7,10-13,19,24,36,40H,2,4-5,8-9,14-18,20-23,25H2,1,3H3. The van der Waals surface area contributed by atoms with Gasteiger partial charge >= 0.3 is 0 Å². The van der Waals surface area contributed by atoms with Crippen LogP contribution in [-0.2, 0) is 32.2 Å². The molecule has 0 unspecified atom stereocenters. The van der Waals surface area contributed by atoms with Crippen LogP contribution in [0.5, 0.6) is 0 Å². The van der Waals surface area contributed by atoms with E-state index in [-0.39, 0.29) is 11.2 Å². The van der Waals surface area contributed by atoms with Crippen LogP contribution in [0.15, 0.2) is 72.5 Å². The quantitative estimate of drug-likeness (QED) is 0.222. The minimum Gasteiger partial charge on any atom is -0.513 e. The predicted molar refractivity (Wildman–Crippen MR) is 172 cm³/mol. The Hall–Kier alpha value is -2.93.